The number of aromatic nitrogens is 2. The van der Waals surface area contributed by atoms with E-state index in [1.165, 1.54) is 0 Å². The van der Waals surface area contributed by atoms with Crippen LogP contribution < -0.4 is 10.6 Å². The molecule has 0 spiro atoms. The van der Waals surface area contributed by atoms with Gasteiger partial charge >= 0.3 is 6.03 Å². The number of carbonyl (C=O) groups excluding carboxylic acids is 1. The lowest BCUT2D eigenvalue weighted by Crippen LogP contribution is -2.28. The largest absolute Gasteiger partial charge is 0.364 e. The van der Waals surface area contributed by atoms with Gasteiger partial charge in [-0.3, -0.25) is 5.32 Å². The van der Waals surface area contributed by atoms with Crippen LogP contribution in [0.3, 0.4) is 0 Å². The summed E-state index contributed by atoms with van der Waals surface area (Å²) in [4.78, 5) is 11.7. The minimum atomic E-state index is -0.348. The van der Waals surface area contributed by atoms with Crippen molar-refractivity contribution in [3.63, 3.8) is 0 Å². The molecule has 0 radical (unpaired) electrons. The molecule has 19 heavy (non-hydrogen) atoms. The van der Waals surface area contributed by atoms with E-state index in [0.29, 0.717) is 24.0 Å². The SMILES string of the molecule is Cc1cc(NC(=O)NCc2conc2C2CC2)on1. The third kappa shape index (κ3) is 2.75. The van der Waals surface area contributed by atoms with E-state index in [4.69, 9.17) is 9.05 Å². The van der Waals surface area contributed by atoms with E-state index in [0.717, 1.165) is 24.1 Å². The van der Waals surface area contributed by atoms with E-state index < -0.39 is 0 Å². The van der Waals surface area contributed by atoms with Gasteiger partial charge in [0.1, 0.15) is 6.26 Å². The molecule has 0 atom stereocenters. The predicted octanol–water partition coefficient (Wildman–Crippen LogP) is 2.17. The van der Waals surface area contributed by atoms with Crippen molar-refractivity contribution in [1.29, 1.82) is 0 Å². The number of anilines is 1. The van der Waals surface area contributed by atoms with Gasteiger partial charge in [0.15, 0.2) is 0 Å². The minimum Gasteiger partial charge on any atom is -0.364 e. The van der Waals surface area contributed by atoms with Gasteiger partial charge in [-0.1, -0.05) is 10.3 Å². The highest BCUT2D eigenvalue weighted by molar-refractivity contribution is 5.87. The average molecular weight is 262 g/mol. The van der Waals surface area contributed by atoms with Gasteiger partial charge in [-0.2, -0.15) is 0 Å². The summed E-state index contributed by atoms with van der Waals surface area (Å²) in [5, 5.41) is 12.9. The molecular weight excluding hydrogens is 248 g/mol. The van der Waals surface area contributed by atoms with Crippen LogP contribution in [0.15, 0.2) is 21.4 Å². The maximum Gasteiger partial charge on any atom is 0.321 e. The van der Waals surface area contributed by atoms with Crippen LogP contribution >= 0.6 is 0 Å². The third-order valence-corrected chi connectivity index (χ3v) is 2.94. The summed E-state index contributed by atoms with van der Waals surface area (Å²) in [6.45, 7) is 2.17. The topological polar surface area (TPSA) is 93.2 Å². The lowest BCUT2D eigenvalue weighted by atomic mass is 10.2. The van der Waals surface area contributed by atoms with E-state index in [-0.39, 0.29) is 6.03 Å². The first-order valence-corrected chi connectivity index (χ1v) is 6.13. The van der Waals surface area contributed by atoms with Crippen LogP contribution in [-0.2, 0) is 6.54 Å². The highest BCUT2D eigenvalue weighted by atomic mass is 16.5. The molecule has 1 aliphatic carbocycles. The molecule has 0 unspecified atom stereocenters. The number of hydrogen-bond acceptors (Lipinski definition) is 5. The van der Waals surface area contributed by atoms with Crippen LogP contribution in [0.4, 0.5) is 10.7 Å². The van der Waals surface area contributed by atoms with Gasteiger partial charge in [0.05, 0.1) is 11.4 Å². The molecule has 3 rings (SSSR count). The molecule has 2 amide bonds. The van der Waals surface area contributed by atoms with Gasteiger partial charge < -0.3 is 14.4 Å². The summed E-state index contributed by atoms with van der Waals surface area (Å²) < 4.78 is 9.84. The molecule has 0 aromatic carbocycles. The Labute approximate surface area is 109 Å². The van der Waals surface area contributed by atoms with Gasteiger partial charge in [0, 0.05) is 24.1 Å². The highest BCUT2D eigenvalue weighted by Gasteiger charge is 2.29. The third-order valence-electron chi connectivity index (χ3n) is 2.94. The fourth-order valence-electron chi connectivity index (χ4n) is 1.85. The number of amides is 2. The standard InChI is InChI=1S/C12H14N4O3/c1-7-4-10(19-15-7)14-12(17)13-5-9-6-18-16-11(9)8-2-3-8/h4,6,8H,2-3,5H2,1H3,(H2,13,14,17). The number of rotatable bonds is 4. The quantitative estimate of drug-likeness (QED) is 0.880. The average Bonchev–Trinajstić information content (AvgIpc) is 2.98. The van der Waals surface area contributed by atoms with Crippen LogP contribution in [0.2, 0.25) is 0 Å². The second-order valence-corrected chi connectivity index (χ2v) is 4.64. The second kappa shape index (κ2) is 4.75. The smallest absolute Gasteiger partial charge is 0.321 e. The molecule has 1 saturated carbocycles. The van der Waals surface area contributed by atoms with Crippen molar-refractivity contribution in [2.24, 2.45) is 0 Å². The van der Waals surface area contributed by atoms with Gasteiger partial charge in [-0.25, -0.2) is 4.79 Å². The van der Waals surface area contributed by atoms with E-state index in [1.54, 1.807) is 19.3 Å². The highest BCUT2D eigenvalue weighted by Crippen LogP contribution is 2.40. The van der Waals surface area contributed by atoms with Gasteiger partial charge in [-0.05, 0) is 19.8 Å². The lowest BCUT2D eigenvalue weighted by Gasteiger charge is -2.04. The van der Waals surface area contributed by atoms with Crippen LogP contribution in [0.25, 0.3) is 0 Å². The first-order chi connectivity index (χ1) is 9.22. The molecule has 2 heterocycles. The molecule has 7 nitrogen and oxygen atoms in total. The number of aryl methyl sites for hydroxylation is 1. The van der Waals surface area contributed by atoms with E-state index >= 15 is 0 Å². The Morgan fingerprint density at radius 2 is 2.32 bits per heavy atom. The van der Waals surface area contributed by atoms with Crippen LogP contribution in [-0.4, -0.2) is 16.3 Å². The lowest BCUT2D eigenvalue weighted by molar-refractivity contribution is 0.250. The Balaban J connectivity index is 1.54. The van der Waals surface area contributed by atoms with Crippen LogP contribution in [0, 0.1) is 6.92 Å². The van der Waals surface area contributed by atoms with Crippen molar-refractivity contribution >= 4 is 11.9 Å². The van der Waals surface area contributed by atoms with Crippen molar-refractivity contribution in [3.8, 4) is 0 Å². The monoisotopic (exact) mass is 262 g/mol. The maximum atomic E-state index is 11.7. The Kier molecular flexibility index (Phi) is 2.94. The maximum absolute atomic E-state index is 11.7. The van der Waals surface area contributed by atoms with E-state index in [1.807, 2.05) is 0 Å². The molecule has 1 aliphatic rings. The Morgan fingerprint density at radius 1 is 1.47 bits per heavy atom. The van der Waals surface area contributed by atoms with Crippen molar-refractivity contribution in [2.45, 2.75) is 32.2 Å². The number of hydrogen-bond donors (Lipinski definition) is 2. The molecular formula is C12H14N4O3. The van der Waals surface area contributed by atoms with Crippen molar-refractivity contribution in [1.82, 2.24) is 15.6 Å². The molecule has 2 aromatic heterocycles. The molecule has 7 heteroatoms. The summed E-state index contributed by atoms with van der Waals surface area (Å²) in [6, 6.07) is 1.30. The van der Waals surface area contributed by atoms with E-state index in [9.17, 15) is 4.79 Å². The zero-order valence-corrected chi connectivity index (χ0v) is 10.5. The Bertz CT molecular complexity index is 585. The van der Waals surface area contributed by atoms with Crippen LogP contribution in [0.5, 0.6) is 0 Å². The molecule has 2 aromatic rings. The van der Waals surface area contributed by atoms with Gasteiger partial charge in [-0.15, -0.1) is 0 Å². The first kappa shape index (κ1) is 11.8. The number of urea groups is 1. The molecule has 2 N–H and O–H groups in total. The molecule has 0 saturated heterocycles. The van der Waals surface area contributed by atoms with E-state index in [2.05, 4.69) is 20.9 Å². The summed E-state index contributed by atoms with van der Waals surface area (Å²) >= 11 is 0. The fourth-order valence-corrected chi connectivity index (χ4v) is 1.85. The predicted molar refractivity (Wildman–Crippen MR) is 65.6 cm³/mol. The molecule has 1 fully saturated rings. The molecule has 0 bridgehead atoms. The summed E-state index contributed by atoms with van der Waals surface area (Å²) in [5.41, 5.74) is 2.59. The summed E-state index contributed by atoms with van der Waals surface area (Å²) in [7, 11) is 0. The second-order valence-electron chi connectivity index (χ2n) is 4.64. The number of carbonyl (C=O) groups is 1. The number of nitrogens with zero attached hydrogens (tertiary/aromatic N) is 2. The molecule has 0 aliphatic heterocycles. The van der Waals surface area contributed by atoms with Crippen LogP contribution in [0.1, 0.15) is 35.7 Å². The minimum absolute atomic E-state index is 0.322. The zero-order valence-electron chi connectivity index (χ0n) is 10.5. The van der Waals surface area contributed by atoms with Crippen molar-refractivity contribution in [3.05, 3.63) is 29.3 Å². The molecule has 100 valence electrons. The Hall–Kier alpha value is -2.31. The van der Waals surface area contributed by atoms with Crippen molar-refractivity contribution in [2.75, 3.05) is 5.32 Å². The van der Waals surface area contributed by atoms with Gasteiger partial charge in [0.2, 0.25) is 5.88 Å². The Morgan fingerprint density at radius 3 is 3.00 bits per heavy atom. The normalized spacial score (nSPS) is 14.4. The van der Waals surface area contributed by atoms with Crippen molar-refractivity contribution < 1.29 is 13.8 Å². The first-order valence-electron chi connectivity index (χ1n) is 6.13. The van der Waals surface area contributed by atoms with Gasteiger partial charge in [0.25, 0.3) is 0 Å². The number of nitrogens with one attached hydrogen (secondary N) is 2. The fraction of sp³-hybridized carbons (Fsp3) is 0.417. The summed E-state index contributed by atoms with van der Waals surface area (Å²) in [5.74, 6) is 0.818. The summed E-state index contributed by atoms with van der Waals surface area (Å²) in [6.07, 6.45) is 3.86. The zero-order chi connectivity index (χ0) is 13.2.